The molecular formula is C10H20ClNO2. The van der Waals surface area contributed by atoms with Crippen LogP contribution in [0.1, 0.15) is 32.6 Å². The average Bonchev–Trinajstić information content (AvgIpc) is 2.18. The fourth-order valence-corrected chi connectivity index (χ4v) is 2.15. The van der Waals surface area contributed by atoms with E-state index in [1.54, 1.807) is 0 Å². The number of hydrogen-bond donors (Lipinski definition) is 1. The molecule has 1 aliphatic heterocycles. The van der Waals surface area contributed by atoms with Crippen LogP contribution in [0.25, 0.3) is 0 Å². The van der Waals surface area contributed by atoms with Crippen LogP contribution in [0.5, 0.6) is 0 Å². The zero-order valence-corrected chi connectivity index (χ0v) is 9.78. The van der Waals surface area contributed by atoms with Crippen molar-refractivity contribution in [3.63, 3.8) is 0 Å². The largest absolute Gasteiger partial charge is 0.469 e. The van der Waals surface area contributed by atoms with E-state index in [-0.39, 0.29) is 23.8 Å². The first kappa shape index (κ1) is 13.7. The number of methoxy groups -OCH3 is 1. The van der Waals surface area contributed by atoms with Crippen LogP contribution in [0, 0.1) is 5.41 Å². The predicted molar refractivity (Wildman–Crippen MR) is 58.7 cm³/mol. The molecule has 0 aliphatic carbocycles. The number of carbonyl (C=O) groups excluding carboxylic acids is 1. The molecule has 0 saturated carbocycles. The first-order valence-electron chi connectivity index (χ1n) is 5.04. The molecule has 0 bridgehead atoms. The Hall–Kier alpha value is -0.280. The zero-order valence-electron chi connectivity index (χ0n) is 8.97. The van der Waals surface area contributed by atoms with Crippen molar-refractivity contribution in [3.8, 4) is 0 Å². The number of nitrogens with one attached hydrogen (secondary N) is 1. The number of halogens is 1. The molecule has 0 spiro atoms. The molecule has 0 aromatic carbocycles. The van der Waals surface area contributed by atoms with Gasteiger partial charge in [-0.25, -0.2) is 0 Å². The van der Waals surface area contributed by atoms with Gasteiger partial charge in [-0.3, -0.25) is 4.79 Å². The lowest BCUT2D eigenvalue weighted by atomic mass is 9.77. The molecule has 0 amide bonds. The van der Waals surface area contributed by atoms with Gasteiger partial charge in [0.15, 0.2) is 0 Å². The molecule has 3 nitrogen and oxygen atoms in total. The van der Waals surface area contributed by atoms with Crippen molar-refractivity contribution in [2.24, 2.45) is 5.41 Å². The summed E-state index contributed by atoms with van der Waals surface area (Å²) in [6, 6.07) is 0. The quantitative estimate of drug-likeness (QED) is 0.738. The van der Waals surface area contributed by atoms with E-state index in [9.17, 15) is 4.79 Å². The van der Waals surface area contributed by atoms with Crippen molar-refractivity contribution in [3.05, 3.63) is 0 Å². The van der Waals surface area contributed by atoms with Crippen molar-refractivity contribution in [1.82, 2.24) is 5.32 Å². The number of carbonyl (C=O) groups is 1. The second-order valence-electron chi connectivity index (χ2n) is 3.80. The van der Waals surface area contributed by atoms with E-state index in [0.29, 0.717) is 0 Å². The van der Waals surface area contributed by atoms with Crippen LogP contribution in [0.3, 0.4) is 0 Å². The standard InChI is InChI=1S/C10H19NO2.ClH/c1-3-5-10(9(12)13-2)6-4-7-11-8-10;/h11H,3-8H2,1-2H3;1H. The lowest BCUT2D eigenvalue weighted by molar-refractivity contribution is -0.154. The molecule has 0 radical (unpaired) electrons. The summed E-state index contributed by atoms with van der Waals surface area (Å²) < 4.78 is 4.87. The summed E-state index contributed by atoms with van der Waals surface area (Å²) in [6.07, 6.45) is 4.03. The molecule has 1 rings (SSSR count). The molecule has 1 fully saturated rings. The second kappa shape index (κ2) is 6.25. The normalized spacial score (nSPS) is 26.4. The molecular weight excluding hydrogens is 202 g/mol. The molecule has 1 unspecified atom stereocenters. The SMILES string of the molecule is CCCC1(C(=O)OC)CCCNC1.Cl. The topological polar surface area (TPSA) is 38.3 Å². The van der Waals surface area contributed by atoms with Gasteiger partial charge in [0, 0.05) is 6.54 Å². The first-order chi connectivity index (χ1) is 6.25. The van der Waals surface area contributed by atoms with Gasteiger partial charge in [0.25, 0.3) is 0 Å². The fourth-order valence-electron chi connectivity index (χ4n) is 2.15. The van der Waals surface area contributed by atoms with Gasteiger partial charge in [-0.05, 0) is 25.8 Å². The molecule has 4 heteroatoms. The van der Waals surface area contributed by atoms with E-state index in [1.807, 2.05) is 0 Å². The first-order valence-corrected chi connectivity index (χ1v) is 5.04. The molecule has 14 heavy (non-hydrogen) atoms. The van der Waals surface area contributed by atoms with E-state index in [0.717, 1.165) is 38.8 Å². The molecule has 0 aromatic rings. The van der Waals surface area contributed by atoms with Crippen LogP contribution in [-0.4, -0.2) is 26.2 Å². The average molecular weight is 222 g/mol. The van der Waals surface area contributed by atoms with Crippen molar-refractivity contribution in [2.45, 2.75) is 32.6 Å². The van der Waals surface area contributed by atoms with Crippen LogP contribution in [0.15, 0.2) is 0 Å². The highest BCUT2D eigenvalue weighted by atomic mass is 35.5. The number of piperidine rings is 1. The van der Waals surface area contributed by atoms with Gasteiger partial charge < -0.3 is 10.1 Å². The highest BCUT2D eigenvalue weighted by Gasteiger charge is 2.39. The number of rotatable bonds is 3. The summed E-state index contributed by atoms with van der Waals surface area (Å²) in [5, 5.41) is 3.27. The number of esters is 1. The molecule has 1 N–H and O–H groups in total. The van der Waals surface area contributed by atoms with Gasteiger partial charge in [-0.2, -0.15) is 0 Å². The monoisotopic (exact) mass is 221 g/mol. The van der Waals surface area contributed by atoms with E-state index in [4.69, 9.17) is 4.74 Å². The summed E-state index contributed by atoms with van der Waals surface area (Å²) in [7, 11) is 1.48. The van der Waals surface area contributed by atoms with Gasteiger partial charge in [0.2, 0.25) is 0 Å². The fraction of sp³-hybridized carbons (Fsp3) is 0.900. The molecule has 0 aromatic heterocycles. The summed E-state index contributed by atoms with van der Waals surface area (Å²) >= 11 is 0. The second-order valence-corrected chi connectivity index (χ2v) is 3.80. The Balaban J connectivity index is 0.00000169. The third kappa shape index (κ3) is 2.85. The molecule has 1 heterocycles. The Bertz CT molecular complexity index is 173. The van der Waals surface area contributed by atoms with Crippen molar-refractivity contribution in [1.29, 1.82) is 0 Å². The molecule has 1 atom stereocenters. The van der Waals surface area contributed by atoms with E-state index in [2.05, 4.69) is 12.2 Å². The van der Waals surface area contributed by atoms with E-state index < -0.39 is 0 Å². The molecule has 84 valence electrons. The maximum atomic E-state index is 11.6. The number of hydrogen-bond acceptors (Lipinski definition) is 3. The summed E-state index contributed by atoms with van der Waals surface area (Å²) in [5.41, 5.74) is -0.234. The Labute approximate surface area is 92.0 Å². The van der Waals surface area contributed by atoms with Crippen LogP contribution in [0.2, 0.25) is 0 Å². The van der Waals surface area contributed by atoms with E-state index in [1.165, 1.54) is 7.11 Å². The lowest BCUT2D eigenvalue weighted by Gasteiger charge is -2.34. The van der Waals surface area contributed by atoms with Gasteiger partial charge in [0.05, 0.1) is 12.5 Å². The third-order valence-electron chi connectivity index (χ3n) is 2.82. The molecule has 1 aliphatic rings. The number of ether oxygens (including phenoxy) is 1. The highest BCUT2D eigenvalue weighted by Crippen LogP contribution is 2.32. The third-order valence-corrected chi connectivity index (χ3v) is 2.82. The van der Waals surface area contributed by atoms with Crippen molar-refractivity contribution in [2.75, 3.05) is 20.2 Å². The van der Waals surface area contributed by atoms with Crippen molar-refractivity contribution >= 4 is 18.4 Å². The maximum absolute atomic E-state index is 11.6. The van der Waals surface area contributed by atoms with Crippen LogP contribution < -0.4 is 5.32 Å². The Morgan fingerprint density at radius 2 is 2.29 bits per heavy atom. The van der Waals surface area contributed by atoms with Crippen molar-refractivity contribution < 1.29 is 9.53 Å². The van der Waals surface area contributed by atoms with Crippen LogP contribution >= 0.6 is 12.4 Å². The lowest BCUT2D eigenvalue weighted by Crippen LogP contribution is -2.46. The Kier molecular flexibility index (Phi) is 6.12. The van der Waals surface area contributed by atoms with Gasteiger partial charge in [0.1, 0.15) is 0 Å². The zero-order chi connectivity index (χ0) is 9.73. The Morgan fingerprint density at radius 3 is 2.71 bits per heavy atom. The predicted octanol–water partition coefficient (Wildman–Crippen LogP) is 1.75. The smallest absolute Gasteiger partial charge is 0.313 e. The van der Waals surface area contributed by atoms with Crippen LogP contribution in [-0.2, 0) is 9.53 Å². The maximum Gasteiger partial charge on any atom is 0.313 e. The Morgan fingerprint density at radius 1 is 1.57 bits per heavy atom. The minimum absolute atomic E-state index is 0. The van der Waals surface area contributed by atoms with E-state index >= 15 is 0 Å². The highest BCUT2D eigenvalue weighted by molar-refractivity contribution is 5.85. The van der Waals surface area contributed by atoms with Gasteiger partial charge in [-0.1, -0.05) is 13.3 Å². The van der Waals surface area contributed by atoms with Crippen LogP contribution in [0.4, 0.5) is 0 Å². The summed E-state index contributed by atoms with van der Waals surface area (Å²) in [6.45, 7) is 3.93. The van der Waals surface area contributed by atoms with Gasteiger partial charge >= 0.3 is 5.97 Å². The molecule has 1 saturated heterocycles. The summed E-state index contributed by atoms with van der Waals surface area (Å²) in [4.78, 5) is 11.6. The minimum atomic E-state index is -0.234. The summed E-state index contributed by atoms with van der Waals surface area (Å²) in [5.74, 6) is -0.0402. The van der Waals surface area contributed by atoms with Gasteiger partial charge in [-0.15, -0.1) is 12.4 Å². The minimum Gasteiger partial charge on any atom is -0.469 e.